The van der Waals surface area contributed by atoms with Crippen LogP contribution in [0.4, 0.5) is 5.69 Å². The summed E-state index contributed by atoms with van der Waals surface area (Å²) in [5.74, 6) is -8.42. The third-order valence-electron chi connectivity index (χ3n) is 19.2. The molecule has 7 aliphatic heterocycles. The van der Waals surface area contributed by atoms with Crippen LogP contribution in [0.15, 0.2) is 66.7 Å². The molecule has 0 radical (unpaired) electrons. The largest absolute Gasteiger partial charge is 0.508 e. The van der Waals surface area contributed by atoms with Crippen LogP contribution in [0.3, 0.4) is 0 Å². The molecular weight excluding hydrogens is 1300 g/mol. The standard InChI is InChI=1S/C68H84N12O18S/c1-38-62(92)80-32-12-16-51(80)65(95)79-31-10-14-49(79)59(89)73-47(24-25-57(87)88)63(93)75(36-54(69)84)27-7-3-4-8-28-76(37-56(86)77-29-9-13-48(77)60(90)74-58(39(2)81)61(91)71-38)64(94)50-15-11-30-78(50)55(85)17-5-6-26-70-67(99)72-40-18-21-43-46(33-40)68(98-66(43)96)44-22-19-41(82)34-52(44)97-53-35-42(83)20-23-45(53)68/h3,7,18-23,33-35,38-39,47-51,58,81-83H,4-6,8-17,24-32,36-37H2,1-2H3,(H2,69,84)(H,71,91)(H,73,89)(H,74,90)(H,87,88)(H2,70,72,99)/t38-,39+,47-,48-,49-,50-,51-,58-/m0/s1. The number of fused-ring (bicyclic) bond motifs is 9. The van der Waals surface area contributed by atoms with E-state index < -0.39 is 139 Å². The van der Waals surface area contributed by atoms with Crippen molar-refractivity contribution in [2.75, 3.05) is 64.2 Å². The van der Waals surface area contributed by atoms with Gasteiger partial charge in [0.15, 0.2) is 10.7 Å². The highest BCUT2D eigenvalue weighted by Gasteiger charge is 2.54. The average molecular weight is 1390 g/mol. The van der Waals surface area contributed by atoms with Crippen LogP contribution in [0.25, 0.3) is 0 Å². The summed E-state index contributed by atoms with van der Waals surface area (Å²) in [5, 5.41) is 55.6. The number of unbranched alkanes of at least 4 members (excludes halogenated alkanes) is 1. The molecule has 31 heteroatoms. The zero-order valence-corrected chi connectivity index (χ0v) is 55.9. The van der Waals surface area contributed by atoms with Crippen molar-refractivity contribution in [3.8, 4) is 23.0 Å². The van der Waals surface area contributed by atoms with E-state index in [0.29, 0.717) is 67.4 Å². The molecule has 0 aromatic heterocycles. The number of carboxylic acids is 1. The number of aromatic hydroxyl groups is 2. The van der Waals surface area contributed by atoms with Crippen molar-refractivity contribution in [1.82, 2.24) is 50.7 Å². The number of aliphatic hydroxyl groups excluding tert-OH is 1. The summed E-state index contributed by atoms with van der Waals surface area (Å²) in [7, 11) is 0. The van der Waals surface area contributed by atoms with Crippen molar-refractivity contribution < 1.29 is 87.4 Å². The smallest absolute Gasteiger partial charge is 0.340 e. The number of allylic oxidation sites excluding steroid dienone is 1. The first kappa shape index (κ1) is 71.9. The van der Waals surface area contributed by atoms with Crippen LogP contribution in [0.5, 0.6) is 23.0 Å². The van der Waals surface area contributed by atoms with Crippen LogP contribution in [0, 0.1) is 0 Å². The number of nitrogens with two attached hydrogens (primary N) is 1. The number of primary amides is 1. The number of carbonyl (C=O) groups is 12. The van der Waals surface area contributed by atoms with Crippen molar-refractivity contribution >= 4 is 94.0 Å². The fourth-order valence-electron chi connectivity index (χ4n) is 14.3. The maximum absolute atomic E-state index is 14.9. The molecule has 7 heterocycles. The van der Waals surface area contributed by atoms with E-state index >= 15 is 0 Å². The maximum atomic E-state index is 14.9. The van der Waals surface area contributed by atoms with E-state index in [1.807, 2.05) is 0 Å². The van der Waals surface area contributed by atoms with Gasteiger partial charge in [0.25, 0.3) is 0 Å². The number of phenols is 2. The minimum Gasteiger partial charge on any atom is -0.508 e. The molecule has 99 heavy (non-hydrogen) atoms. The predicted octanol–water partition coefficient (Wildman–Crippen LogP) is 1.30. The molecule has 11 N–H and O–H groups in total. The summed E-state index contributed by atoms with van der Waals surface area (Å²) in [6.45, 7) is 2.20. The molecule has 3 aromatic carbocycles. The number of nitrogens with zero attached hydrogens (tertiary/aromatic N) is 6. The second-order valence-corrected chi connectivity index (χ2v) is 26.4. The Morgan fingerprint density at radius 1 is 0.707 bits per heavy atom. The molecule has 0 saturated carbocycles. The number of aliphatic carboxylic acids is 1. The van der Waals surface area contributed by atoms with E-state index in [9.17, 15) is 78.0 Å². The lowest BCUT2D eigenvalue weighted by molar-refractivity contribution is -0.148. The molecule has 0 aliphatic carbocycles. The van der Waals surface area contributed by atoms with E-state index in [4.69, 9.17) is 27.4 Å². The predicted molar refractivity (Wildman–Crippen MR) is 356 cm³/mol. The number of carboxylic acid groups (broad SMARTS) is 1. The average Bonchev–Trinajstić information content (AvgIpc) is 1.59. The van der Waals surface area contributed by atoms with Crippen LogP contribution in [0.1, 0.15) is 137 Å². The molecule has 30 nitrogen and oxygen atoms in total. The molecule has 10 amide bonds. The van der Waals surface area contributed by atoms with Crippen LogP contribution in [0.2, 0.25) is 0 Å². The van der Waals surface area contributed by atoms with Crippen LogP contribution in [-0.4, -0.2) is 233 Å². The lowest BCUT2D eigenvalue weighted by atomic mass is 9.77. The molecule has 7 aliphatic rings. The second-order valence-electron chi connectivity index (χ2n) is 26.0. The molecule has 1 spiro atoms. The highest BCUT2D eigenvalue weighted by molar-refractivity contribution is 7.80. The van der Waals surface area contributed by atoms with Crippen molar-refractivity contribution in [3.63, 3.8) is 0 Å². The van der Waals surface area contributed by atoms with E-state index in [1.54, 1.807) is 42.5 Å². The quantitative estimate of drug-likeness (QED) is 0.0499. The van der Waals surface area contributed by atoms with Crippen molar-refractivity contribution in [2.45, 2.75) is 164 Å². The number of esters is 1. The number of ether oxygens (including phenoxy) is 2. The summed E-state index contributed by atoms with van der Waals surface area (Å²) in [4.78, 5) is 174. The number of nitrogens with one attached hydrogen (secondary N) is 5. The topological polar surface area (TPSA) is 410 Å². The van der Waals surface area contributed by atoms with Gasteiger partial charge in [0.2, 0.25) is 59.1 Å². The number of anilines is 1. The number of rotatable bonds is 13. The van der Waals surface area contributed by atoms with Crippen molar-refractivity contribution in [1.29, 1.82) is 0 Å². The Morgan fingerprint density at radius 2 is 1.34 bits per heavy atom. The third-order valence-corrected chi connectivity index (χ3v) is 19.4. The lowest BCUT2D eigenvalue weighted by Gasteiger charge is -2.36. The van der Waals surface area contributed by atoms with Gasteiger partial charge in [-0.25, -0.2) is 4.79 Å². The number of likely N-dealkylation sites (tertiary alicyclic amines) is 1. The first-order chi connectivity index (χ1) is 47.3. The van der Waals surface area contributed by atoms with Gasteiger partial charge in [-0.3, -0.25) is 52.7 Å². The van der Waals surface area contributed by atoms with Crippen LogP contribution >= 0.6 is 12.2 Å². The Balaban J connectivity index is 0.814. The summed E-state index contributed by atoms with van der Waals surface area (Å²) in [6.07, 6.45) is 4.64. The Morgan fingerprint density at radius 3 is 2.01 bits per heavy atom. The van der Waals surface area contributed by atoms with Crippen LogP contribution < -0.4 is 37.1 Å². The van der Waals surface area contributed by atoms with Gasteiger partial charge in [-0.05, 0) is 152 Å². The first-order valence-corrected chi connectivity index (χ1v) is 34.0. The summed E-state index contributed by atoms with van der Waals surface area (Å²) >= 11 is 5.68. The molecular formula is C68H84N12O18S. The van der Waals surface area contributed by atoms with Crippen LogP contribution in [-0.2, 0) is 63.1 Å². The Bertz CT molecular complexity index is 3680. The number of hydrogen-bond donors (Lipinski definition) is 10. The lowest BCUT2D eigenvalue weighted by Crippen LogP contribution is -2.60. The fraction of sp³-hybridized carbons (Fsp3) is 0.515. The summed E-state index contributed by atoms with van der Waals surface area (Å²) in [5.41, 5.74) is 6.25. The number of thiocarbonyl (C=S) groups is 1. The highest BCUT2D eigenvalue weighted by atomic mass is 32.1. The van der Waals surface area contributed by atoms with Gasteiger partial charge in [-0.2, -0.15) is 0 Å². The minimum absolute atomic E-state index is 0.0308. The van der Waals surface area contributed by atoms with Gasteiger partial charge in [-0.15, -0.1) is 0 Å². The van der Waals surface area contributed by atoms with Gasteiger partial charge in [0.05, 0.1) is 24.8 Å². The van der Waals surface area contributed by atoms with Crippen molar-refractivity contribution in [2.24, 2.45) is 5.73 Å². The van der Waals surface area contributed by atoms with E-state index in [0.717, 1.165) is 4.90 Å². The number of aliphatic hydroxyl groups is 1. The number of benzene rings is 3. The molecule has 530 valence electrons. The van der Waals surface area contributed by atoms with E-state index in [2.05, 4.69) is 26.6 Å². The van der Waals surface area contributed by atoms with Gasteiger partial charge in [-0.1, -0.05) is 12.2 Å². The summed E-state index contributed by atoms with van der Waals surface area (Å²) in [6, 6.07) is 5.30. The Hall–Kier alpha value is -9.91. The normalized spacial score (nSPS) is 24.2. The molecule has 0 bridgehead atoms. The minimum atomic E-state index is -1.61. The highest BCUT2D eigenvalue weighted by Crippen LogP contribution is 2.57. The van der Waals surface area contributed by atoms with Gasteiger partial charge < -0.3 is 91.6 Å². The number of amides is 10. The maximum Gasteiger partial charge on any atom is 0.340 e. The van der Waals surface area contributed by atoms with Gasteiger partial charge >= 0.3 is 11.9 Å². The second kappa shape index (κ2) is 31.3. The number of hydrogen-bond acceptors (Lipinski definition) is 18. The zero-order valence-electron chi connectivity index (χ0n) is 55.1. The molecule has 10 rings (SSSR count). The molecule has 3 aromatic rings. The Labute approximate surface area is 575 Å². The zero-order chi connectivity index (χ0) is 71.0. The fourth-order valence-corrected chi connectivity index (χ4v) is 14.5. The monoisotopic (exact) mass is 1390 g/mol. The molecule has 4 saturated heterocycles. The number of phenolic OH excluding ortho intramolecular Hbond substituents is 2. The third kappa shape index (κ3) is 16.0. The first-order valence-electron chi connectivity index (χ1n) is 33.6. The Kier molecular flexibility index (Phi) is 22.7. The van der Waals surface area contributed by atoms with Gasteiger partial charge in [0, 0.05) is 93.2 Å². The molecule has 0 unspecified atom stereocenters. The molecule has 8 atom stereocenters. The van der Waals surface area contributed by atoms with E-state index in [1.165, 1.54) is 62.6 Å². The summed E-state index contributed by atoms with van der Waals surface area (Å²) < 4.78 is 12.3. The number of carbonyl (C=O) groups excluding carboxylic acids is 11. The SMILES string of the molecule is C[C@@H]1NC(=O)[C@H]([C@@H](C)O)NC(=O)[C@@H]2CCCN2C(=O)CN(C(=O)[C@@H]2CCCN2C(=O)CCCCNC(=S)Nc2ccc3c(c2)C2(OC3=O)c3ccc(O)cc3Oc3cc(O)ccc32)CCCC=CCN(CC(N)=O)C(=O)[C@H](CCC(=O)O)NC(=O)[C@@H]2CCCN2C(=O)[C@@H]2CCCN2C1=O. The van der Waals surface area contributed by atoms with Gasteiger partial charge in [0.1, 0.15) is 65.3 Å². The van der Waals surface area contributed by atoms with E-state index in [-0.39, 0.29) is 130 Å². The van der Waals surface area contributed by atoms with Crippen molar-refractivity contribution in [3.05, 3.63) is 89.0 Å². The molecule has 4 fully saturated rings.